The van der Waals surface area contributed by atoms with Crippen LogP contribution in [-0.4, -0.2) is 38.4 Å². The zero-order chi connectivity index (χ0) is 19.2. The van der Waals surface area contributed by atoms with Crippen molar-refractivity contribution in [3.05, 3.63) is 47.5 Å². The first-order chi connectivity index (χ1) is 13.1. The Kier molecular flexibility index (Phi) is 6.11. The van der Waals surface area contributed by atoms with E-state index in [0.717, 1.165) is 43.2 Å². The fourth-order valence-corrected chi connectivity index (χ4v) is 3.19. The molecule has 0 bridgehead atoms. The van der Waals surface area contributed by atoms with Crippen molar-refractivity contribution in [3.8, 4) is 0 Å². The molecule has 0 fully saturated rings. The summed E-state index contributed by atoms with van der Waals surface area (Å²) in [6, 6.07) is 8.23. The Bertz CT molecular complexity index is 920. The number of aromatic nitrogens is 4. The highest BCUT2D eigenvalue weighted by Gasteiger charge is 2.09. The maximum atomic E-state index is 4.73. The minimum absolute atomic E-state index is 0.632. The molecule has 3 aromatic rings. The molecule has 7 heteroatoms. The number of aliphatic imine (C=N–C) groups is 1. The number of aryl methyl sites for hydroxylation is 3. The van der Waals surface area contributed by atoms with Crippen molar-refractivity contribution in [3.63, 3.8) is 0 Å². The van der Waals surface area contributed by atoms with Gasteiger partial charge in [-0.1, -0.05) is 12.1 Å². The lowest BCUT2D eigenvalue weighted by molar-refractivity contribution is 0.637. The first kappa shape index (κ1) is 18.9. The van der Waals surface area contributed by atoms with E-state index >= 15 is 0 Å². The van der Waals surface area contributed by atoms with Crippen LogP contribution in [0.2, 0.25) is 0 Å². The van der Waals surface area contributed by atoms with Crippen LogP contribution in [0, 0.1) is 13.8 Å². The summed E-state index contributed by atoms with van der Waals surface area (Å²) in [5.74, 6) is 0.843. The Morgan fingerprint density at radius 3 is 2.74 bits per heavy atom. The van der Waals surface area contributed by atoms with Crippen LogP contribution in [0.5, 0.6) is 0 Å². The summed E-state index contributed by atoms with van der Waals surface area (Å²) in [5, 5.41) is 11.2. The number of hydrogen-bond donors (Lipinski definition) is 2. The first-order valence-electron chi connectivity index (χ1n) is 9.51. The van der Waals surface area contributed by atoms with Gasteiger partial charge in [-0.3, -0.25) is 4.68 Å². The minimum atomic E-state index is 0.632. The van der Waals surface area contributed by atoms with Crippen molar-refractivity contribution in [2.75, 3.05) is 13.1 Å². The summed E-state index contributed by atoms with van der Waals surface area (Å²) in [7, 11) is 1.97. The van der Waals surface area contributed by atoms with E-state index in [1.54, 1.807) is 0 Å². The van der Waals surface area contributed by atoms with Crippen LogP contribution in [-0.2, 0) is 20.1 Å². The van der Waals surface area contributed by atoms with Crippen LogP contribution < -0.4 is 10.6 Å². The van der Waals surface area contributed by atoms with Crippen LogP contribution in [0.15, 0.2) is 35.6 Å². The average molecular weight is 368 g/mol. The summed E-state index contributed by atoms with van der Waals surface area (Å²) >= 11 is 0. The van der Waals surface area contributed by atoms with Crippen molar-refractivity contribution in [1.82, 2.24) is 30.0 Å². The van der Waals surface area contributed by atoms with Crippen LogP contribution in [0.3, 0.4) is 0 Å². The zero-order valence-corrected chi connectivity index (χ0v) is 16.7. The molecule has 0 amide bonds. The molecule has 0 saturated heterocycles. The number of rotatable bonds is 7. The highest BCUT2D eigenvalue weighted by molar-refractivity contribution is 5.79. The predicted octanol–water partition coefficient (Wildman–Crippen LogP) is 2.53. The minimum Gasteiger partial charge on any atom is -0.357 e. The number of nitrogens with one attached hydrogen (secondary N) is 2. The van der Waals surface area contributed by atoms with Gasteiger partial charge in [0, 0.05) is 37.9 Å². The lowest BCUT2D eigenvalue weighted by Crippen LogP contribution is -2.38. The third-order valence-electron chi connectivity index (χ3n) is 4.79. The van der Waals surface area contributed by atoms with Gasteiger partial charge in [-0.15, -0.1) is 0 Å². The molecule has 0 unspecified atom stereocenters. The molecule has 0 radical (unpaired) electrons. The van der Waals surface area contributed by atoms with Crippen LogP contribution in [0.4, 0.5) is 0 Å². The van der Waals surface area contributed by atoms with Crippen molar-refractivity contribution >= 4 is 17.0 Å². The molecular weight excluding hydrogens is 338 g/mol. The van der Waals surface area contributed by atoms with Crippen molar-refractivity contribution < 1.29 is 0 Å². The maximum Gasteiger partial charge on any atom is 0.191 e. The number of guanidine groups is 1. The topological polar surface area (TPSA) is 72.1 Å². The highest BCUT2D eigenvalue weighted by Crippen LogP contribution is 2.13. The highest BCUT2D eigenvalue weighted by atomic mass is 15.3. The van der Waals surface area contributed by atoms with Gasteiger partial charge in [0.2, 0.25) is 0 Å². The van der Waals surface area contributed by atoms with E-state index in [2.05, 4.69) is 51.3 Å². The second kappa shape index (κ2) is 8.70. The Hall–Kier alpha value is -2.83. The molecule has 0 aliphatic rings. The number of nitrogens with zero attached hydrogens (tertiary/aromatic N) is 5. The standard InChI is InChI=1S/C20H29N7/c1-5-21-20(23-13-17-15(2)25-26(4)16(17)3)22-11-8-12-27-14-24-18-9-6-7-10-19(18)27/h6-7,9-10,14H,5,8,11-13H2,1-4H3,(H2,21,22,23). The molecule has 0 saturated carbocycles. The molecule has 0 spiro atoms. The molecule has 0 atom stereocenters. The van der Waals surface area contributed by atoms with E-state index in [-0.39, 0.29) is 0 Å². The largest absolute Gasteiger partial charge is 0.357 e. The van der Waals surface area contributed by atoms with Gasteiger partial charge in [-0.25, -0.2) is 9.98 Å². The van der Waals surface area contributed by atoms with Crippen LogP contribution in [0.1, 0.15) is 30.3 Å². The van der Waals surface area contributed by atoms with E-state index in [1.807, 2.05) is 37.1 Å². The lowest BCUT2D eigenvalue weighted by Gasteiger charge is -2.12. The molecule has 144 valence electrons. The Labute approximate surface area is 160 Å². The second-order valence-electron chi connectivity index (χ2n) is 6.68. The zero-order valence-electron chi connectivity index (χ0n) is 16.7. The van der Waals surface area contributed by atoms with E-state index < -0.39 is 0 Å². The Morgan fingerprint density at radius 2 is 2.00 bits per heavy atom. The molecule has 7 nitrogen and oxygen atoms in total. The molecule has 0 aliphatic heterocycles. The first-order valence-corrected chi connectivity index (χ1v) is 9.51. The molecule has 2 N–H and O–H groups in total. The number of para-hydroxylation sites is 2. The molecule has 3 rings (SSSR count). The van der Waals surface area contributed by atoms with Gasteiger partial charge in [0.1, 0.15) is 0 Å². The summed E-state index contributed by atoms with van der Waals surface area (Å²) < 4.78 is 4.11. The van der Waals surface area contributed by atoms with Gasteiger partial charge in [-0.2, -0.15) is 5.10 Å². The SMILES string of the molecule is CCNC(=NCc1c(C)nn(C)c1C)NCCCn1cnc2ccccc21. The molecular formula is C20H29N7. The van der Waals surface area contributed by atoms with E-state index in [9.17, 15) is 0 Å². The monoisotopic (exact) mass is 367 g/mol. The van der Waals surface area contributed by atoms with Crippen molar-refractivity contribution in [1.29, 1.82) is 0 Å². The molecule has 2 aromatic heterocycles. The molecule has 2 heterocycles. The summed E-state index contributed by atoms with van der Waals surface area (Å²) in [5.41, 5.74) is 5.63. The summed E-state index contributed by atoms with van der Waals surface area (Å²) in [4.78, 5) is 9.17. The number of fused-ring (bicyclic) bond motifs is 1. The Morgan fingerprint density at radius 1 is 1.19 bits per heavy atom. The van der Waals surface area contributed by atoms with Gasteiger partial charge in [0.25, 0.3) is 0 Å². The number of imidazole rings is 1. The second-order valence-corrected chi connectivity index (χ2v) is 6.68. The smallest absolute Gasteiger partial charge is 0.191 e. The third kappa shape index (κ3) is 4.48. The van der Waals surface area contributed by atoms with Gasteiger partial charge in [0.15, 0.2) is 5.96 Å². The number of hydrogen-bond acceptors (Lipinski definition) is 3. The van der Waals surface area contributed by atoms with E-state index in [1.165, 1.54) is 16.8 Å². The van der Waals surface area contributed by atoms with E-state index in [0.29, 0.717) is 6.54 Å². The number of benzene rings is 1. The van der Waals surface area contributed by atoms with Gasteiger partial charge < -0.3 is 15.2 Å². The average Bonchev–Trinajstić information content (AvgIpc) is 3.18. The predicted molar refractivity (Wildman–Crippen MR) is 110 cm³/mol. The Balaban J connectivity index is 1.55. The summed E-state index contributed by atoms with van der Waals surface area (Å²) in [6.07, 6.45) is 2.91. The van der Waals surface area contributed by atoms with Crippen molar-refractivity contribution in [2.24, 2.45) is 12.0 Å². The lowest BCUT2D eigenvalue weighted by atomic mass is 10.2. The quantitative estimate of drug-likeness (QED) is 0.382. The van der Waals surface area contributed by atoms with Gasteiger partial charge >= 0.3 is 0 Å². The van der Waals surface area contributed by atoms with Crippen LogP contribution >= 0.6 is 0 Å². The summed E-state index contributed by atoms with van der Waals surface area (Å²) in [6.45, 7) is 9.44. The van der Waals surface area contributed by atoms with E-state index in [4.69, 9.17) is 4.99 Å². The maximum absolute atomic E-state index is 4.73. The van der Waals surface area contributed by atoms with Gasteiger partial charge in [-0.05, 0) is 39.3 Å². The van der Waals surface area contributed by atoms with Gasteiger partial charge in [0.05, 0.1) is 29.6 Å². The fraction of sp³-hybridized carbons (Fsp3) is 0.450. The fourth-order valence-electron chi connectivity index (χ4n) is 3.19. The molecule has 1 aromatic carbocycles. The third-order valence-corrected chi connectivity index (χ3v) is 4.79. The molecule has 0 aliphatic carbocycles. The van der Waals surface area contributed by atoms with Crippen LogP contribution in [0.25, 0.3) is 11.0 Å². The molecule has 27 heavy (non-hydrogen) atoms. The normalized spacial score (nSPS) is 11.9. The van der Waals surface area contributed by atoms with Crippen molar-refractivity contribution in [2.45, 2.75) is 40.3 Å².